The van der Waals surface area contributed by atoms with E-state index in [4.69, 9.17) is 9.47 Å². The van der Waals surface area contributed by atoms with Crippen LogP contribution < -0.4 is 10.6 Å². The van der Waals surface area contributed by atoms with Gasteiger partial charge in [0, 0.05) is 36.3 Å². The van der Waals surface area contributed by atoms with E-state index in [9.17, 15) is 15.0 Å². The number of likely N-dealkylation sites (N-methyl/N-ethyl adjacent to an activating group) is 1. The van der Waals surface area contributed by atoms with E-state index in [1.807, 2.05) is 123 Å². The minimum Gasteiger partial charge on any atom is -0.392 e. The van der Waals surface area contributed by atoms with Gasteiger partial charge in [-0.25, -0.2) is 4.79 Å². The van der Waals surface area contributed by atoms with Crippen molar-refractivity contribution < 1.29 is 24.5 Å². The molecule has 4 aromatic rings. The third-order valence-corrected chi connectivity index (χ3v) is 8.62. The van der Waals surface area contributed by atoms with E-state index in [2.05, 4.69) is 22.5 Å². The summed E-state index contributed by atoms with van der Waals surface area (Å²) in [5.74, 6) is -0.000931. The van der Waals surface area contributed by atoms with Crippen molar-refractivity contribution >= 4 is 11.7 Å². The van der Waals surface area contributed by atoms with Crippen molar-refractivity contribution in [1.82, 2.24) is 10.2 Å². The number of rotatable bonds is 11. The maximum absolute atomic E-state index is 12.5. The molecule has 4 aromatic carbocycles. The van der Waals surface area contributed by atoms with E-state index in [1.54, 1.807) is 0 Å². The fourth-order valence-electron chi connectivity index (χ4n) is 5.63. The van der Waals surface area contributed by atoms with Gasteiger partial charge in [0.15, 0.2) is 6.29 Å². The molecule has 4 N–H and O–H groups in total. The molecule has 1 aliphatic rings. The Balaban J connectivity index is 1.29. The quantitative estimate of drug-likeness (QED) is 0.158. The molecule has 8 heteroatoms. The molecule has 1 saturated heterocycles. The zero-order valence-corrected chi connectivity index (χ0v) is 26.0. The molecule has 45 heavy (non-hydrogen) atoms. The topological polar surface area (TPSA) is 103 Å². The molecule has 2 amide bonds. The van der Waals surface area contributed by atoms with Gasteiger partial charge in [-0.05, 0) is 48.4 Å². The number of amides is 2. The Labute approximate surface area is 265 Å². The van der Waals surface area contributed by atoms with Gasteiger partial charge < -0.3 is 30.3 Å². The van der Waals surface area contributed by atoms with Crippen LogP contribution in [0.2, 0.25) is 0 Å². The van der Waals surface area contributed by atoms with Gasteiger partial charge in [0.2, 0.25) is 0 Å². The summed E-state index contributed by atoms with van der Waals surface area (Å²) in [6, 6.07) is 34.3. The second-order valence-corrected chi connectivity index (χ2v) is 11.8. The van der Waals surface area contributed by atoms with Crippen LogP contribution in [0.5, 0.6) is 0 Å². The predicted octanol–water partition coefficient (Wildman–Crippen LogP) is 6.35. The van der Waals surface area contributed by atoms with E-state index >= 15 is 0 Å². The number of anilines is 1. The number of carbonyl (C=O) groups excluding carboxylic acids is 1. The number of carbonyl (C=O) groups is 1. The molecular weight excluding hydrogens is 566 g/mol. The fraction of sp³-hybridized carbons (Fsp3) is 0.324. The Kier molecular flexibility index (Phi) is 11.0. The van der Waals surface area contributed by atoms with Crippen molar-refractivity contribution in [3.8, 4) is 0 Å². The number of urea groups is 1. The third-order valence-electron chi connectivity index (χ3n) is 8.62. The second kappa shape index (κ2) is 15.3. The van der Waals surface area contributed by atoms with E-state index in [0.717, 1.165) is 27.8 Å². The molecule has 1 aliphatic heterocycles. The monoisotopic (exact) mass is 609 g/mol. The van der Waals surface area contributed by atoms with E-state index in [0.29, 0.717) is 18.8 Å². The van der Waals surface area contributed by atoms with Crippen LogP contribution in [0.1, 0.15) is 60.2 Å². The molecule has 6 atom stereocenters. The second-order valence-electron chi connectivity index (χ2n) is 11.8. The Bertz CT molecular complexity index is 1480. The number of hydrogen-bond acceptors (Lipinski definition) is 6. The zero-order chi connectivity index (χ0) is 31.8. The number of nitrogens with one attached hydrogen (secondary N) is 2. The van der Waals surface area contributed by atoms with Crippen LogP contribution >= 0.6 is 0 Å². The van der Waals surface area contributed by atoms with Crippen molar-refractivity contribution in [2.75, 3.05) is 18.9 Å². The van der Waals surface area contributed by atoms with Gasteiger partial charge in [0.1, 0.15) is 0 Å². The number of aliphatic hydroxyl groups excluding tert-OH is 2. The first-order chi connectivity index (χ1) is 21.8. The molecule has 0 unspecified atom stereocenters. The summed E-state index contributed by atoms with van der Waals surface area (Å²) in [5.41, 5.74) is 5.23. The molecule has 1 heterocycles. The number of benzene rings is 4. The highest BCUT2D eigenvalue weighted by atomic mass is 16.7. The van der Waals surface area contributed by atoms with Crippen LogP contribution in [-0.4, -0.2) is 46.9 Å². The molecule has 8 nitrogen and oxygen atoms in total. The van der Waals surface area contributed by atoms with Crippen molar-refractivity contribution in [3.05, 3.63) is 137 Å². The molecule has 0 aliphatic carbocycles. The molecule has 0 bridgehead atoms. The van der Waals surface area contributed by atoms with Gasteiger partial charge in [-0.1, -0.05) is 104 Å². The summed E-state index contributed by atoms with van der Waals surface area (Å²) >= 11 is 0. The van der Waals surface area contributed by atoms with Gasteiger partial charge in [-0.15, -0.1) is 0 Å². The molecule has 0 saturated carbocycles. The van der Waals surface area contributed by atoms with Crippen LogP contribution in [0, 0.1) is 5.92 Å². The van der Waals surface area contributed by atoms with Gasteiger partial charge >= 0.3 is 6.03 Å². The lowest BCUT2D eigenvalue weighted by atomic mass is 9.89. The molecule has 0 spiro atoms. The van der Waals surface area contributed by atoms with Crippen LogP contribution in [0.3, 0.4) is 0 Å². The summed E-state index contributed by atoms with van der Waals surface area (Å²) in [7, 11) is 2.01. The predicted molar refractivity (Wildman–Crippen MR) is 175 cm³/mol. The first kappa shape index (κ1) is 32.3. The molecule has 5 rings (SSSR count). The van der Waals surface area contributed by atoms with Crippen LogP contribution in [-0.2, 0) is 22.6 Å². The normalized spacial score (nSPS) is 21.2. The Morgan fingerprint density at radius 1 is 0.844 bits per heavy atom. The summed E-state index contributed by atoms with van der Waals surface area (Å²) in [4.78, 5) is 14.6. The summed E-state index contributed by atoms with van der Waals surface area (Å²) < 4.78 is 13.2. The lowest BCUT2D eigenvalue weighted by Crippen LogP contribution is -2.46. The van der Waals surface area contributed by atoms with Crippen LogP contribution in [0.15, 0.2) is 109 Å². The van der Waals surface area contributed by atoms with Crippen molar-refractivity contribution in [3.63, 3.8) is 0 Å². The van der Waals surface area contributed by atoms with Crippen LogP contribution in [0.25, 0.3) is 0 Å². The van der Waals surface area contributed by atoms with Crippen molar-refractivity contribution in [1.29, 1.82) is 0 Å². The SMILES string of the molecule is C[C@@H]1[C@H](CN(C)[C@H](C)[C@@H](O)c2ccccc2)O[C@H](c2ccc(NC(=O)NCc3ccccc3)cc2)O[C@@H]1c1ccc(CO)cc1. The number of nitrogens with zero attached hydrogens (tertiary/aromatic N) is 1. The standard InChI is InChI=1S/C37H43N3O5/c1-25-33(23-40(3)26(2)34(42)29-12-8-5-9-13-29)44-36(45-35(25)30-16-14-28(24-41)15-17-30)31-18-20-32(21-19-31)39-37(43)38-22-27-10-6-4-7-11-27/h4-21,25-26,33-36,41-42H,22-24H2,1-3H3,(H2,38,39,43)/t25-,26-,33+,34-,35+,36+/m1/s1. The van der Waals surface area contributed by atoms with Gasteiger partial charge in [0.25, 0.3) is 0 Å². The van der Waals surface area contributed by atoms with E-state index in [-0.39, 0.29) is 36.8 Å². The summed E-state index contributed by atoms with van der Waals surface area (Å²) in [6.07, 6.45) is -1.75. The number of ether oxygens (including phenoxy) is 2. The summed E-state index contributed by atoms with van der Waals surface area (Å²) in [5, 5.41) is 26.4. The largest absolute Gasteiger partial charge is 0.392 e. The molecule has 0 radical (unpaired) electrons. The lowest BCUT2D eigenvalue weighted by Gasteiger charge is -2.43. The molecule has 1 fully saturated rings. The number of aliphatic hydroxyl groups is 2. The van der Waals surface area contributed by atoms with Gasteiger partial charge in [-0.3, -0.25) is 4.90 Å². The van der Waals surface area contributed by atoms with Crippen LogP contribution in [0.4, 0.5) is 10.5 Å². The third kappa shape index (κ3) is 8.36. The van der Waals surface area contributed by atoms with Crippen molar-refractivity contribution in [2.24, 2.45) is 5.92 Å². The maximum atomic E-state index is 12.5. The highest BCUT2D eigenvalue weighted by Gasteiger charge is 2.39. The minimum atomic E-state index is -0.645. The zero-order valence-electron chi connectivity index (χ0n) is 26.0. The smallest absolute Gasteiger partial charge is 0.319 e. The van der Waals surface area contributed by atoms with Crippen molar-refractivity contribution in [2.45, 2.75) is 57.6 Å². The maximum Gasteiger partial charge on any atom is 0.319 e. The van der Waals surface area contributed by atoms with Gasteiger partial charge in [-0.2, -0.15) is 0 Å². The van der Waals surface area contributed by atoms with E-state index in [1.165, 1.54) is 0 Å². The average Bonchev–Trinajstić information content (AvgIpc) is 3.09. The lowest BCUT2D eigenvalue weighted by molar-refractivity contribution is -0.276. The molecule has 0 aromatic heterocycles. The summed E-state index contributed by atoms with van der Waals surface area (Å²) in [6.45, 7) is 5.14. The molecular formula is C37H43N3O5. The molecule has 236 valence electrons. The Hall–Kier alpha value is -4.05. The van der Waals surface area contributed by atoms with E-state index < -0.39 is 12.4 Å². The first-order valence-corrected chi connectivity index (χ1v) is 15.4. The highest BCUT2D eigenvalue weighted by Crippen LogP contribution is 2.42. The average molecular weight is 610 g/mol. The Morgan fingerprint density at radius 2 is 1.47 bits per heavy atom. The first-order valence-electron chi connectivity index (χ1n) is 15.4. The Morgan fingerprint density at radius 3 is 2.11 bits per heavy atom. The van der Waals surface area contributed by atoms with Gasteiger partial charge in [0.05, 0.1) is 24.9 Å². The number of hydrogen-bond donors (Lipinski definition) is 4. The highest BCUT2D eigenvalue weighted by molar-refractivity contribution is 5.89. The minimum absolute atomic E-state index is 0.000931. The fourth-order valence-corrected chi connectivity index (χ4v) is 5.63.